The number of hydrogen-bond donors (Lipinski definition) is 3. The first-order valence-electron chi connectivity index (χ1n) is 15.1. The summed E-state index contributed by atoms with van der Waals surface area (Å²) in [5, 5.41) is 9.51. The Morgan fingerprint density at radius 1 is 0.921 bits per heavy atom. The number of rotatable bonds is 8. The molecule has 0 spiro atoms. The zero-order chi connectivity index (χ0) is 26.6. The van der Waals surface area contributed by atoms with Gasteiger partial charge in [0.25, 0.3) is 0 Å². The first kappa shape index (κ1) is 27.2. The van der Waals surface area contributed by atoms with E-state index in [9.17, 15) is 14.4 Å². The molecule has 0 bridgehead atoms. The van der Waals surface area contributed by atoms with Gasteiger partial charge < -0.3 is 20.9 Å². The third-order valence-corrected chi connectivity index (χ3v) is 9.93. The molecular weight excluding hydrogens is 476 g/mol. The Morgan fingerprint density at radius 2 is 1.63 bits per heavy atom. The van der Waals surface area contributed by atoms with E-state index < -0.39 is 12.1 Å². The third-order valence-electron chi connectivity index (χ3n) is 9.93. The summed E-state index contributed by atoms with van der Waals surface area (Å²) >= 11 is 0. The van der Waals surface area contributed by atoms with E-state index in [4.69, 9.17) is 0 Å². The molecule has 0 aromatic heterocycles. The number of nitrogens with one attached hydrogen (secondary N) is 3. The highest BCUT2D eigenvalue weighted by Crippen LogP contribution is 2.45. The molecule has 1 aromatic rings. The second-order valence-electron chi connectivity index (χ2n) is 12.2. The number of fused-ring (bicyclic) bond motifs is 1. The van der Waals surface area contributed by atoms with Gasteiger partial charge in [-0.3, -0.25) is 14.4 Å². The summed E-state index contributed by atoms with van der Waals surface area (Å²) < 4.78 is 0. The molecule has 7 heteroatoms. The van der Waals surface area contributed by atoms with Gasteiger partial charge in [0.1, 0.15) is 12.1 Å². The normalized spacial score (nSPS) is 27.6. The van der Waals surface area contributed by atoms with Crippen molar-refractivity contribution in [3.8, 4) is 0 Å². The first-order chi connectivity index (χ1) is 18.5. The Morgan fingerprint density at radius 3 is 2.37 bits per heavy atom. The Hall–Kier alpha value is -2.41. The molecule has 3 N–H and O–H groups in total. The summed E-state index contributed by atoms with van der Waals surface area (Å²) in [5.74, 6) is 0.944. The van der Waals surface area contributed by atoms with Crippen LogP contribution in [-0.4, -0.2) is 54.3 Å². The van der Waals surface area contributed by atoms with Gasteiger partial charge in [-0.1, -0.05) is 69.2 Å². The van der Waals surface area contributed by atoms with Gasteiger partial charge in [0.05, 0.1) is 12.1 Å². The topological polar surface area (TPSA) is 90.5 Å². The molecule has 3 fully saturated rings. The molecule has 1 aromatic carbocycles. The summed E-state index contributed by atoms with van der Waals surface area (Å²) in [7, 11) is 1.75. The van der Waals surface area contributed by atoms with Crippen LogP contribution in [0.2, 0.25) is 0 Å². The maximum absolute atomic E-state index is 14.0. The van der Waals surface area contributed by atoms with Gasteiger partial charge in [0.15, 0.2) is 0 Å². The number of likely N-dealkylation sites (N-methyl/N-ethyl adjacent to an activating group) is 1. The molecule has 1 heterocycles. The standard InChI is InChI=1S/C31H46N4O3/c1-20(32-2)29(36)33-27(22-13-4-3-5-14-22)31(38)35-18-10-17-26(35)30(37)34-28-24-16-9-8-15-23(24)19-25(28)21-11-6-7-12-21/h8-9,15-16,20-22,25-28,32H,3-7,10-14,17-19H2,1-2H3,(H,33,36)(H,34,37)/t20-,25-,26-,27-,28-/m0/s1. The number of carbonyl (C=O) groups excluding carboxylic acids is 3. The lowest BCUT2D eigenvalue weighted by atomic mass is 9.83. The van der Waals surface area contributed by atoms with Crippen molar-refractivity contribution in [2.45, 2.75) is 108 Å². The Labute approximate surface area is 227 Å². The van der Waals surface area contributed by atoms with E-state index in [2.05, 4.69) is 40.2 Å². The average molecular weight is 523 g/mol. The number of amides is 3. The fourth-order valence-electron chi connectivity index (χ4n) is 7.62. The molecule has 3 aliphatic carbocycles. The van der Waals surface area contributed by atoms with Gasteiger partial charge in [-0.15, -0.1) is 0 Å². The minimum absolute atomic E-state index is 0.0182. The molecule has 5 rings (SSSR count). The first-order valence-corrected chi connectivity index (χ1v) is 15.1. The predicted octanol–water partition coefficient (Wildman–Crippen LogP) is 3.87. The van der Waals surface area contributed by atoms with Crippen LogP contribution in [0, 0.1) is 17.8 Å². The second kappa shape index (κ2) is 12.2. The molecule has 3 amide bonds. The minimum atomic E-state index is -0.564. The highest BCUT2D eigenvalue weighted by atomic mass is 16.2. The largest absolute Gasteiger partial charge is 0.347 e. The molecule has 0 radical (unpaired) electrons. The number of carbonyl (C=O) groups is 3. The number of benzene rings is 1. The number of nitrogens with zero attached hydrogens (tertiary/aromatic N) is 1. The fraction of sp³-hybridized carbons (Fsp3) is 0.710. The van der Waals surface area contributed by atoms with Crippen LogP contribution in [0.4, 0.5) is 0 Å². The average Bonchev–Trinajstić information content (AvgIpc) is 3.71. The van der Waals surface area contributed by atoms with Crippen molar-refractivity contribution in [1.82, 2.24) is 20.9 Å². The van der Waals surface area contributed by atoms with Crippen LogP contribution < -0.4 is 16.0 Å². The van der Waals surface area contributed by atoms with Crippen molar-refractivity contribution in [3.63, 3.8) is 0 Å². The summed E-state index contributed by atoms with van der Waals surface area (Å²) in [6, 6.07) is 7.16. The van der Waals surface area contributed by atoms with Gasteiger partial charge in [0, 0.05) is 6.54 Å². The van der Waals surface area contributed by atoms with Crippen LogP contribution in [0.1, 0.15) is 94.7 Å². The lowest BCUT2D eigenvalue weighted by Crippen LogP contribution is -2.58. The van der Waals surface area contributed by atoms with Gasteiger partial charge in [-0.2, -0.15) is 0 Å². The van der Waals surface area contributed by atoms with Crippen LogP contribution in [0.15, 0.2) is 24.3 Å². The zero-order valence-corrected chi connectivity index (χ0v) is 23.2. The smallest absolute Gasteiger partial charge is 0.246 e. The van der Waals surface area contributed by atoms with Crippen LogP contribution in [0.5, 0.6) is 0 Å². The van der Waals surface area contributed by atoms with E-state index in [0.717, 1.165) is 38.5 Å². The SMILES string of the molecule is CN[C@@H](C)C(=O)N[C@H](C(=O)N1CCC[C@H]1C(=O)N[C@H]1c2ccccc2C[C@H]1C1CCCC1)C1CCCCC1. The van der Waals surface area contributed by atoms with Crippen LogP contribution in [0.3, 0.4) is 0 Å². The van der Waals surface area contributed by atoms with Crippen LogP contribution in [0.25, 0.3) is 0 Å². The highest BCUT2D eigenvalue weighted by Gasteiger charge is 2.44. The molecule has 2 saturated carbocycles. The Kier molecular flexibility index (Phi) is 8.71. The van der Waals surface area contributed by atoms with Crippen molar-refractivity contribution in [1.29, 1.82) is 0 Å². The van der Waals surface area contributed by atoms with Crippen LogP contribution >= 0.6 is 0 Å². The summed E-state index contributed by atoms with van der Waals surface area (Å²) in [6.07, 6.45) is 12.8. The van der Waals surface area contributed by atoms with E-state index in [1.807, 2.05) is 6.92 Å². The van der Waals surface area contributed by atoms with Crippen molar-refractivity contribution < 1.29 is 14.4 Å². The monoisotopic (exact) mass is 522 g/mol. The maximum atomic E-state index is 14.0. The fourth-order valence-corrected chi connectivity index (χ4v) is 7.62. The van der Waals surface area contributed by atoms with E-state index >= 15 is 0 Å². The maximum Gasteiger partial charge on any atom is 0.246 e. The number of likely N-dealkylation sites (tertiary alicyclic amines) is 1. The Balaban J connectivity index is 1.32. The predicted molar refractivity (Wildman–Crippen MR) is 148 cm³/mol. The minimum Gasteiger partial charge on any atom is -0.347 e. The summed E-state index contributed by atoms with van der Waals surface area (Å²) in [4.78, 5) is 42.5. The molecule has 1 aliphatic heterocycles. The zero-order valence-electron chi connectivity index (χ0n) is 23.2. The molecular formula is C31H46N4O3. The van der Waals surface area contributed by atoms with E-state index in [-0.39, 0.29) is 35.7 Å². The quantitative estimate of drug-likeness (QED) is 0.484. The van der Waals surface area contributed by atoms with Crippen molar-refractivity contribution in [2.24, 2.45) is 17.8 Å². The molecule has 4 aliphatic rings. The molecule has 38 heavy (non-hydrogen) atoms. The van der Waals surface area contributed by atoms with Gasteiger partial charge in [-0.25, -0.2) is 0 Å². The van der Waals surface area contributed by atoms with Gasteiger partial charge in [0.2, 0.25) is 17.7 Å². The molecule has 208 valence electrons. The lowest BCUT2D eigenvalue weighted by molar-refractivity contribution is -0.143. The van der Waals surface area contributed by atoms with Crippen molar-refractivity contribution in [3.05, 3.63) is 35.4 Å². The molecule has 0 unspecified atom stereocenters. The third kappa shape index (κ3) is 5.63. The highest BCUT2D eigenvalue weighted by molar-refractivity contribution is 5.93. The lowest BCUT2D eigenvalue weighted by Gasteiger charge is -2.35. The summed E-state index contributed by atoms with van der Waals surface area (Å²) in [5.41, 5.74) is 2.61. The van der Waals surface area contributed by atoms with Crippen LogP contribution in [-0.2, 0) is 20.8 Å². The Bertz CT molecular complexity index is 1000. The van der Waals surface area contributed by atoms with Crippen molar-refractivity contribution >= 4 is 17.7 Å². The van der Waals surface area contributed by atoms with Crippen molar-refractivity contribution in [2.75, 3.05) is 13.6 Å². The number of hydrogen-bond acceptors (Lipinski definition) is 4. The van der Waals surface area contributed by atoms with Gasteiger partial charge >= 0.3 is 0 Å². The molecule has 5 atom stereocenters. The van der Waals surface area contributed by atoms with Gasteiger partial charge in [-0.05, 0) is 75.0 Å². The van der Waals surface area contributed by atoms with E-state index in [1.165, 1.54) is 43.2 Å². The molecule has 7 nitrogen and oxygen atoms in total. The van der Waals surface area contributed by atoms with E-state index in [1.54, 1.807) is 11.9 Å². The summed E-state index contributed by atoms with van der Waals surface area (Å²) in [6.45, 7) is 2.38. The molecule has 1 saturated heterocycles. The van der Waals surface area contributed by atoms with E-state index in [0.29, 0.717) is 24.8 Å². The second-order valence-corrected chi connectivity index (χ2v) is 12.2.